The van der Waals surface area contributed by atoms with Crippen LogP contribution in [0.4, 0.5) is 10.1 Å². The van der Waals surface area contributed by atoms with Crippen LogP contribution in [0.5, 0.6) is 0 Å². The smallest absolute Gasteiger partial charge is 0.335 e. The summed E-state index contributed by atoms with van der Waals surface area (Å²) in [4.78, 5) is 12.8. The molecule has 1 heterocycles. The molecule has 19 heavy (non-hydrogen) atoms. The van der Waals surface area contributed by atoms with Crippen LogP contribution in [-0.2, 0) is 0 Å². The summed E-state index contributed by atoms with van der Waals surface area (Å²) in [6, 6.07) is 4.14. The summed E-state index contributed by atoms with van der Waals surface area (Å²) in [5, 5.41) is 8.83. The zero-order chi connectivity index (χ0) is 14.2. The lowest BCUT2D eigenvalue weighted by atomic mass is 9.80. The number of carboxylic acid groups (broad SMARTS) is 1. The van der Waals surface area contributed by atoms with Crippen molar-refractivity contribution < 1.29 is 14.3 Å². The molecular formula is C15H20FNO2. The summed E-state index contributed by atoms with van der Waals surface area (Å²) < 4.78 is 14.0. The van der Waals surface area contributed by atoms with Crippen molar-refractivity contribution in [2.75, 3.05) is 18.0 Å². The quantitative estimate of drug-likeness (QED) is 0.891. The van der Waals surface area contributed by atoms with Crippen LogP contribution >= 0.6 is 0 Å². The Morgan fingerprint density at radius 3 is 2.58 bits per heavy atom. The van der Waals surface area contributed by atoms with Crippen LogP contribution in [0.3, 0.4) is 0 Å². The van der Waals surface area contributed by atoms with Crippen molar-refractivity contribution in [2.45, 2.75) is 27.2 Å². The highest BCUT2D eigenvalue weighted by atomic mass is 19.1. The summed E-state index contributed by atoms with van der Waals surface area (Å²) in [6.45, 7) is 8.25. The van der Waals surface area contributed by atoms with Crippen LogP contribution in [0.2, 0.25) is 0 Å². The van der Waals surface area contributed by atoms with E-state index in [0.717, 1.165) is 25.6 Å². The van der Waals surface area contributed by atoms with E-state index < -0.39 is 11.8 Å². The normalized spacial score (nSPS) is 19.8. The number of nitrogens with zero attached hydrogens (tertiary/aromatic N) is 1. The number of hydrogen-bond acceptors (Lipinski definition) is 2. The monoisotopic (exact) mass is 265 g/mol. The van der Waals surface area contributed by atoms with Gasteiger partial charge in [-0.25, -0.2) is 9.18 Å². The van der Waals surface area contributed by atoms with Gasteiger partial charge in [-0.3, -0.25) is 0 Å². The van der Waals surface area contributed by atoms with Gasteiger partial charge in [-0.05, 0) is 36.0 Å². The molecule has 1 aromatic carbocycles. The molecule has 0 amide bonds. The van der Waals surface area contributed by atoms with Gasteiger partial charge in [-0.2, -0.15) is 0 Å². The molecule has 0 aliphatic carbocycles. The molecule has 1 atom stereocenters. The van der Waals surface area contributed by atoms with Gasteiger partial charge in [0, 0.05) is 13.1 Å². The second-order valence-electron chi connectivity index (χ2n) is 6.27. The lowest BCUT2D eigenvalue weighted by Crippen LogP contribution is -2.26. The molecule has 1 saturated heterocycles. The number of aromatic carboxylic acids is 1. The second-order valence-corrected chi connectivity index (χ2v) is 6.27. The molecule has 4 heteroatoms. The first-order valence-corrected chi connectivity index (χ1v) is 6.57. The molecule has 1 aliphatic rings. The van der Waals surface area contributed by atoms with Crippen molar-refractivity contribution in [3.8, 4) is 0 Å². The van der Waals surface area contributed by atoms with Crippen LogP contribution < -0.4 is 4.90 Å². The van der Waals surface area contributed by atoms with E-state index in [-0.39, 0.29) is 11.0 Å². The number of carbonyl (C=O) groups is 1. The fourth-order valence-electron chi connectivity index (χ4n) is 2.58. The molecule has 1 aromatic rings. The Hall–Kier alpha value is -1.58. The Morgan fingerprint density at radius 2 is 2.11 bits per heavy atom. The van der Waals surface area contributed by atoms with E-state index in [2.05, 4.69) is 20.8 Å². The SMILES string of the molecule is CC(C)(C)C1CCN(c2ccc(C(=O)O)cc2F)C1. The van der Waals surface area contributed by atoms with Crippen molar-refractivity contribution in [3.05, 3.63) is 29.6 Å². The zero-order valence-electron chi connectivity index (χ0n) is 11.6. The van der Waals surface area contributed by atoms with E-state index in [4.69, 9.17) is 5.11 Å². The molecule has 1 aliphatic heterocycles. The van der Waals surface area contributed by atoms with Gasteiger partial charge < -0.3 is 10.0 Å². The van der Waals surface area contributed by atoms with E-state index in [9.17, 15) is 9.18 Å². The Bertz CT molecular complexity index is 493. The van der Waals surface area contributed by atoms with Crippen LogP contribution in [0, 0.1) is 17.2 Å². The number of anilines is 1. The number of rotatable bonds is 2. The maximum absolute atomic E-state index is 14.0. The zero-order valence-corrected chi connectivity index (χ0v) is 11.6. The van der Waals surface area contributed by atoms with Gasteiger partial charge in [0.25, 0.3) is 0 Å². The summed E-state index contributed by atoms with van der Waals surface area (Å²) in [5.41, 5.74) is 0.719. The molecule has 0 bridgehead atoms. The molecule has 1 N–H and O–H groups in total. The van der Waals surface area contributed by atoms with Gasteiger partial charge in [0.15, 0.2) is 0 Å². The minimum atomic E-state index is -1.10. The summed E-state index contributed by atoms with van der Waals surface area (Å²) in [6.07, 6.45) is 1.05. The van der Waals surface area contributed by atoms with Crippen molar-refractivity contribution in [2.24, 2.45) is 11.3 Å². The fraction of sp³-hybridized carbons (Fsp3) is 0.533. The molecule has 2 rings (SSSR count). The number of hydrogen-bond donors (Lipinski definition) is 1. The van der Waals surface area contributed by atoms with Crippen molar-refractivity contribution in [1.82, 2.24) is 0 Å². The molecule has 3 nitrogen and oxygen atoms in total. The van der Waals surface area contributed by atoms with Gasteiger partial charge in [-0.15, -0.1) is 0 Å². The summed E-state index contributed by atoms with van der Waals surface area (Å²) in [7, 11) is 0. The third-order valence-electron chi connectivity index (χ3n) is 3.95. The third kappa shape index (κ3) is 2.88. The Balaban J connectivity index is 2.18. The average molecular weight is 265 g/mol. The lowest BCUT2D eigenvalue weighted by Gasteiger charge is -2.27. The highest BCUT2D eigenvalue weighted by molar-refractivity contribution is 5.88. The molecule has 0 aromatic heterocycles. The van der Waals surface area contributed by atoms with E-state index in [1.165, 1.54) is 6.07 Å². The fourth-order valence-corrected chi connectivity index (χ4v) is 2.58. The predicted molar refractivity (Wildman–Crippen MR) is 73.1 cm³/mol. The highest BCUT2D eigenvalue weighted by Gasteiger charge is 2.32. The predicted octanol–water partition coefficient (Wildman–Crippen LogP) is 3.40. The molecular weight excluding hydrogens is 245 g/mol. The van der Waals surface area contributed by atoms with Crippen LogP contribution in [0.15, 0.2) is 18.2 Å². The number of benzene rings is 1. The number of halogens is 1. The van der Waals surface area contributed by atoms with Crippen molar-refractivity contribution in [3.63, 3.8) is 0 Å². The maximum Gasteiger partial charge on any atom is 0.335 e. The molecule has 1 unspecified atom stereocenters. The Labute approximate surface area is 113 Å². The second kappa shape index (κ2) is 4.83. The van der Waals surface area contributed by atoms with E-state index in [0.29, 0.717) is 11.6 Å². The largest absolute Gasteiger partial charge is 0.478 e. The van der Waals surface area contributed by atoms with Crippen LogP contribution in [-0.4, -0.2) is 24.2 Å². The Kier molecular flexibility index (Phi) is 3.52. The van der Waals surface area contributed by atoms with Crippen LogP contribution in [0.25, 0.3) is 0 Å². The van der Waals surface area contributed by atoms with E-state index >= 15 is 0 Å². The molecule has 0 saturated carbocycles. The standard InChI is InChI=1S/C15H20FNO2/c1-15(2,3)11-6-7-17(9-11)13-5-4-10(14(18)19)8-12(13)16/h4-5,8,11H,6-7,9H2,1-3H3,(H,18,19). The summed E-state index contributed by atoms with van der Waals surface area (Å²) in [5.74, 6) is -1.01. The van der Waals surface area contributed by atoms with Gasteiger partial charge >= 0.3 is 5.97 Å². The molecule has 1 fully saturated rings. The Morgan fingerprint density at radius 1 is 1.42 bits per heavy atom. The lowest BCUT2D eigenvalue weighted by molar-refractivity contribution is 0.0696. The first-order chi connectivity index (χ1) is 8.79. The average Bonchev–Trinajstić information content (AvgIpc) is 2.77. The van der Waals surface area contributed by atoms with E-state index in [1.807, 2.05) is 4.90 Å². The van der Waals surface area contributed by atoms with Crippen molar-refractivity contribution >= 4 is 11.7 Å². The first-order valence-electron chi connectivity index (χ1n) is 6.57. The van der Waals surface area contributed by atoms with Gasteiger partial charge in [0.1, 0.15) is 5.82 Å². The topological polar surface area (TPSA) is 40.5 Å². The van der Waals surface area contributed by atoms with Gasteiger partial charge in [0.2, 0.25) is 0 Å². The van der Waals surface area contributed by atoms with Crippen molar-refractivity contribution in [1.29, 1.82) is 0 Å². The van der Waals surface area contributed by atoms with Gasteiger partial charge in [-0.1, -0.05) is 20.8 Å². The van der Waals surface area contributed by atoms with Gasteiger partial charge in [0.05, 0.1) is 11.3 Å². The van der Waals surface area contributed by atoms with Crippen LogP contribution in [0.1, 0.15) is 37.6 Å². The molecule has 0 radical (unpaired) electrons. The molecule has 104 valence electrons. The first kappa shape index (κ1) is 13.8. The van der Waals surface area contributed by atoms with E-state index in [1.54, 1.807) is 6.07 Å². The maximum atomic E-state index is 14.0. The minimum Gasteiger partial charge on any atom is -0.478 e. The third-order valence-corrected chi connectivity index (χ3v) is 3.95. The number of carboxylic acids is 1. The summed E-state index contributed by atoms with van der Waals surface area (Å²) >= 11 is 0. The highest BCUT2D eigenvalue weighted by Crippen LogP contribution is 2.36. The minimum absolute atomic E-state index is 0.00665. The molecule has 0 spiro atoms.